The van der Waals surface area contributed by atoms with Gasteiger partial charge in [-0.2, -0.15) is 0 Å². The monoisotopic (exact) mass is 922 g/mol. The zero-order chi connectivity index (χ0) is 47.6. The number of allylic oxidation sites excluding steroid dienone is 5. The largest absolute Gasteiger partial charge is 0.454 e. The van der Waals surface area contributed by atoms with E-state index in [4.69, 9.17) is 14.2 Å². The van der Waals surface area contributed by atoms with E-state index in [0.717, 1.165) is 83.5 Å². The highest BCUT2D eigenvalue weighted by atomic mass is 16.7. The minimum absolute atomic E-state index is 0.119. The summed E-state index contributed by atoms with van der Waals surface area (Å²) >= 11 is 0. The van der Waals surface area contributed by atoms with E-state index in [-0.39, 0.29) is 19.4 Å². The van der Waals surface area contributed by atoms with Crippen molar-refractivity contribution in [2.75, 3.05) is 13.2 Å². The molecule has 11 nitrogen and oxygen atoms in total. The Bertz CT molecular complexity index is 1200. The van der Waals surface area contributed by atoms with Gasteiger partial charge in [-0.05, 0) is 70.6 Å². The molecule has 1 saturated heterocycles. The predicted molar refractivity (Wildman–Crippen MR) is 264 cm³/mol. The molecule has 380 valence electrons. The molecule has 1 heterocycles. The molecular weight excluding hydrogens is 823 g/mol. The Hall–Kier alpha value is -2.12. The van der Waals surface area contributed by atoms with Crippen molar-refractivity contribution in [1.82, 2.24) is 5.32 Å². The molecule has 1 aliphatic rings. The van der Waals surface area contributed by atoms with Crippen molar-refractivity contribution < 1.29 is 49.3 Å². The Labute approximate surface area is 396 Å². The molecule has 1 fully saturated rings. The summed E-state index contributed by atoms with van der Waals surface area (Å²) in [5, 5.41) is 56.5. The summed E-state index contributed by atoms with van der Waals surface area (Å²) in [6.07, 6.45) is 37.7. The van der Waals surface area contributed by atoms with Gasteiger partial charge in [0.25, 0.3) is 0 Å². The number of carbonyl (C=O) groups excluding carboxylic acids is 2. The van der Waals surface area contributed by atoms with Gasteiger partial charge in [0.15, 0.2) is 12.4 Å². The molecule has 0 radical (unpaired) electrons. The summed E-state index contributed by atoms with van der Waals surface area (Å²) in [7, 11) is 0. The fourth-order valence-corrected chi connectivity index (χ4v) is 8.15. The average Bonchev–Trinajstić information content (AvgIpc) is 3.30. The first-order chi connectivity index (χ1) is 31.7. The summed E-state index contributed by atoms with van der Waals surface area (Å²) in [5.41, 5.74) is 0. The van der Waals surface area contributed by atoms with Gasteiger partial charge in [0.05, 0.1) is 25.4 Å². The van der Waals surface area contributed by atoms with Crippen LogP contribution in [0.25, 0.3) is 0 Å². The highest BCUT2D eigenvalue weighted by Gasteiger charge is 2.47. The molecule has 0 aromatic carbocycles. The van der Waals surface area contributed by atoms with Crippen molar-refractivity contribution in [2.45, 2.75) is 282 Å². The van der Waals surface area contributed by atoms with Crippen LogP contribution in [0, 0.1) is 0 Å². The number of ether oxygens (including phenoxy) is 3. The molecule has 11 heteroatoms. The lowest BCUT2D eigenvalue weighted by Gasteiger charge is -2.41. The van der Waals surface area contributed by atoms with Crippen LogP contribution in [0.15, 0.2) is 36.5 Å². The average molecular weight is 922 g/mol. The van der Waals surface area contributed by atoms with Gasteiger partial charge >= 0.3 is 5.97 Å². The molecule has 1 aliphatic heterocycles. The van der Waals surface area contributed by atoms with Crippen LogP contribution in [0.4, 0.5) is 0 Å². The Kier molecular flexibility index (Phi) is 40.5. The van der Waals surface area contributed by atoms with Crippen LogP contribution in [0.3, 0.4) is 0 Å². The maximum Gasteiger partial charge on any atom is 0.306 e. The molecule has 6 N–H and O–H groups in total. The molecular formula is C54H99NO10. The number of hydrogen-bond acceptors (Lipinski definition) is 10. The van der Waals surface area contributed by atoms with Gasteiger partial charge in [-0.15, -0.1) is 0 Å². The second-order valence-corrected chi connectivity index (χ2v) is 18.6. The smallest absolute Gasteiger partial charge is 0.306 e. The number of hydrogen-bond donors (Lipinski definition) is 6. The van der Waals surface area contributed by atoms with Crippen LogP contribution in [-0.2, 0) is 23.8 Å². The van der Waals surface area contributed by atoms with Gasteiger partial charge in [0.2, 0.25) is 5.91 Å². The van der Waals surface area contributed by atoms with Crippen LogP contribution in [0.1, 0.15) is 233 Å². The second-order valence-electron chi connectivity index (χ2n) is 18.6. The van der Waals surface area contributed by atoms with Crippen molar-refractivity contribution in [3.8, 4) is 0 Å². The van der Waals surface area contributed by atoms with E-state index in [0.29, 0.717) is 12.8 Å². The van der Waals surface area contributed by atoms with Gasteiger partial charge in [0, 0.05) is 6.42 Å². The number of aliphatic hydroxyl groups is 5. The molecule has 65 heavy (non-hydrogen) atoms. The Morgan fingerprint density at radius 1 is 0.585 bits per heavy atom. The van der Waals surface area contributed by atoms with Crippen molar-refractivity contribution in [2.24, 2.45) is 0 Å². The van der Waals surface area contributed by atoms with E-state index in [1.807, 2.05) is 6.08 Å². The lowest BCUT2D eigenvalue weighted by molar-refractivity contribution is -0.305. The summed E-state index contributed by atoms with van der Waals surface area (Å²) < 4.78 is 17.5. The first-order valence-electron chi connectivity index (χ1n) is 26.8. The summed E-state index contributed by atoms with van der Waals surface area (Å²) in [6.45, 7) is 5.69. The van der Waals surface area contributed by atoms with Crippen LogP contribution in [0.5, 0.6) is 0 Å². The van der Waals surface area contributed by atoms with Crippen LogP contribution in [-0.4, -0.2) is 99.6 Å². The van der Waals surface area contributed by atoms with Crippen molar-refractivity contribution >= 4 is 11.9 Å². The summed E-state index contributed by atoms with van der Waals surface area (Å²) in [4.78, 5) is 26.3. The van der Waals surface area contributed by atoms with Gasteiger partial charge in [-0.1, -0.05) is 192 Å². The standard InChI is InChI=1S/C54H99NO10/c1-4-7-10-13-16-19-22-23-24-25-27-30-33-36-39-42-49(59)65-52-51(61)50(60)48(43-56)64-54(52)63-44-45(46(57)40-37-34-31-29-26-20-17-14-11-8-5-2)55-53(62)47(58)41-38-35-32-28-21-18-15-12-9-6-3/h15,18-19,22,37,40,45-48,50-52,54,56-58,60-61H,4-14,16-17,20-21,23-36,38-39,41-44H2,1-3H3,(H,55,62)/b18-15-,22-19-,40-37+. The Balaban J connectivity index is 2.76. The SMILES string of the molecule is CCCC/C=C\CCCCCCC(O)C(=O)NC(COC1OC(CO)C(O)C(O)C1OC(=O)CCCCCCCCC/C=C\CCCCCC)C(O)/C=C/CCCCCCCCCCC. The number of unbranched alkanes of at least 4 members (excludes halogenated alkanes) is 26. The van der Waals surface area contributed by atoms with Gasteiger partial charge in [0.1, 0.15) is 24.4 Å². The number of esters is 1. The van der Waals surface area contributed by atoms with Crippen molar-refractivity contribution in [3.63, 3.8) is 0 Å². The maximum absolute atomic E-state index is 13.3. The third kappa shape index (κ3) is 32.3. The lowest BCUT2D eigenvalue weighted by Crippen LogP contribution is -2.61. The second kappa shape index (κ2) is 43.2. The molecule has 0 spiro atoms. The van der Waals surface area contributed by atoms with E-state index >= 15 is 0 Å². The fourth-order valence-electron chi connectivity index (χ4n) is 8.15. The zero-order valence-electron chi connectivity index (χ0n) is 41.6. The first kappa shape index (κ1) is 60.9. The molecule has 0 aromatic rings. The molecule has 8 atom stereocenters. The quantitative estimate of drug-likeness (QED) is 0.0196. The summed E-state index contributed by atoms with van der Waals surface area (Å²) in [5.74, 6) is -1.21. The van der Waals surface area contributed by atoms with E-state index in [1.54, 1.807) is 6.08 Å². The third-order valence-corrected chi connectivity index (χ3v) is 12.5. The van der Waals surface area contributed by atoms with E-state index < -0.39 is 67.4 Å². The predicted octanol–water partition coefficient (Wildman–Crippen LogP) is 11.2. The molecule has 8 unspecified atom stereocenters. The molecule has 0 aromatic heterocycles. The minimum atomic E-state index is -1.61. The van der Waals surface area contributed by atoms with Crippen molar-refractivity contribution in [3.05, 3.63) is 36.5 Å². The first-order valence-corrected chi connectivity index (χ1v) is 26.8. The highest BCUT2D eigenvalue weighted by Crippen LogP contribution is 2.26. The number of carbonyl (C=O) groups is 2. The highest BCUT2D eigenvalue weighted by molar-refractivity contribution is 5.80. The van der Waals surface area contributed by atoms with Crippen LogP contribution in [0.2, 0.25) is 0 Å². The van der Waals surface area contributed by atoms with Gasteiger partial charge in [-0.3, -0.25) is 9.59 Å². The van der Waals surface area contributed by atoms with Gasteiger partial charge in [-0.25, -0.2) is 0 Å². The van der Waals surface area contributed by atoms with E-state index in [1.165, 1.54) is 103 Å². The van der Waals surface area contributed by atoms with Crippen molar-refractivity contribution in [1.29, 1.82) is 0 Å². The Morgan fingerprint density at radius 3 is 1.55 bits per heavy atom. The lowest BCUT2D eigenvalue weighted by atomic mass is 9.99. The maximum atomic E-state index is 13.3. The zero-order valence-corrected chi connectivity index (χ0v) is 41.6. The number of nitrogens with one attached hydrogen (secondary N) is 1. The fraction of sp³-hybridized carbons (Fsp3) is 0.852. The normalized spacial score (nSPS) is 20.5. The van der Waals surface area contributed by atoms with E-state index in [2.05, 4.69) is 50.4 Å². The molecule has 1 amide bonds. The third-order valence-electron chi connectivity index (χ3n) is 12.5. The summed E-state index contributed by atoms with van der Waals surface area (Å²) in [6, 6.07) is -1.02. The van der Waals surface area contributed by atoms with E-state index in [9.17, 15) is 35.1 Å². The number of aliphatic hydroxyl groups excluding tert-OH is 5. The van der Waals surface area contributed by atoms with Crippen LogP contribution < -0.4 is 5.32 Å². The molecule has 0 bridgehead atoms. The van der Waals surface area contributed by atoms with Gasteiger partial charge < -0.3 is 45.1 Å². The topological polar surface area (TPSA) is 175 Å². The molecule has 0 saturated carbocycles. The minimum Gasteiger partial charge on any atom is -0.454 e. The Morgan fingerprint density at radius 2 is 1.03 bits per heavy atom. The molecule has 0 aliphatic carbocycles. The number of rotatable bonds is 44. The number of amides is 1. The molecule has 1 rings (SSSR count). The van der Waals surface area contributed by atoms with Crippen LogP contribution >= 0.6 is 0 Å².